The smallest absolute Gasteiger partial charge is 0.339 e. The number of carbonyl (C=O) groups is 1. The van der Waals surface area contributed by atoms with E-state index in [1.807, 2.05) is 12.1 Å². The van der Waals surface area contributed by atoms with Crippen molar-refractivity contribution in [1.82, 2.24) is 25.0 Å². The van der Waals surface area contributed by atoms with Gasteiger partial charge in [0.1, 0.15) is 5.69 Å². The van der Waals surface area contributed by atoms with Gasteiger partial charge in [0.25, 0.3) is 0 Å². The monoisotopic (exact) mass is 455 g/mol. The maximum absolute atomic E-state index is 11.8. The molecule has 10 heteroatoms. The number of anilines is 1. The Kier molecular flexibility index (Phi) is 6.57. The molecule has 0 aliphatic rings. The van der Waals surface area contributed by atoms with Crippen molar-refractivity contribution in [2.75, 3.05) is 12.3 Å². The van der Waals surface area contributed by atoms with Crippen molar-refractivity contribution in [3.8, 4) is 28.7 Å². The van der Waals surface area contributed by atoms with Gasteiger partial charge in [-0.25, -0.2) is 19.4 Å². The number of ether oxygens (including phenoxy) is 1. The predicted octanol–water partition coefficient (Wildman–Crippen LogP) is 2.50. The summed E-state index contributed by atoms with van der Waals surface area (Å²) in [5.41, 5.74) is 9.96. The molecule has 2 heterocycles. The van der Waals surface area contributed by atoms with Crippen LogP contribution in [0.1, 0.15) is 29.7 Å². The van der Waals surface area contributed by atoms with Gasteiger partial charge in [-0.3, -0.25) is 0 Å². The van der Waals surface area contributed by atoms with Crippen LogP contribution in [0.3, 0.4) is 0 Å². The molecule has 2 aromatic carbocycles. The first-order chi connectivity index (χ1) is 16.5. The van der Waals surface area contributed by atoms with E-state index in [9.17, 15) is 9.90 Å². The highest BCUT2D eigenvalue weighted by Crippen LogP contribution is 2.24. The number of nitrogens with zero attached hydrogens (tertiary/aromatic N) is 6. The molecular weight excluding hydrogens is 434 g/mol. The van der Waals surface area contributed by atoms with Gasteiger partial charge in [0.2, 0.25) is 5.95 Å². The average molecular weight is 455 g/mol. The summed E-state index contributed by atoms with van der Waals surface area (Å²) >= 11 is 0. The minimum atomic E-state index is -1.35. The second-order valence-corrected chi connectivity index (χ2v) is 7.39. The zero-order chi connectivity index (χ0) is 24.1. The van der Waals surface area contributed by atoms with Crippen molar-refractivity contribution in [1.29, 1.82) is 5.26 Å². The Balaban J connectivity index is 1.57. The Hall–Kier alpha value is -4.62. The number of esters is 1. The van der Waals surface area contributed by atoms with Crippen molar-refractivity contribution >= 4 is 11.9 Å². The Labute approximate surface area is 195 Å². The lowest BCUT2D eigenvalue weighted by molar-refractivity contribution is -0.153. The van der Waals surface area contributed by atoms with E-state index in [2.05, 4.69) is 26.3 Å². The lowest BCUT2D eigenvalue weighted by Crippen LogP contribution is -2.15. The normalized spacial score (nSPS) is 11.6. The highest BCUT2D eigenvalue weighted by molar-refractivity contribution is 5.76. The first kappa shape index (κ1) is 22.6. The third-order valence-electron chi connectivity index (χ3n) is 4.95. The zero-order valence-electron chi connectivity index (χ0n) is 18.3. The minimum Gasteiger partial charge on any atom is -0.464 e. The molecule has 0 aliphatic heterocycles. The van der Waals surface area contributed by atoms with Crippen LogP contribution in [0.2, 0.25) is 0 Å². The van der Waals surface area contributed by atoms with Crippen LogP contribution < -0.4 is 5.73 Å². The van der Waals surface area contributed by atoms with E-state index < -0.39 is 12.1 Å². The molecular formula is C24H21N7O3. The number of aliphatic hydroxyl groups excluding tert-OH is 1. The number of carbonyl (C=O) groups excluding carboxylic acids is 1. The molecule has 4 aromatic rings. The van der Waals surface area contributed by atoms with Crippen LogP contribution in [0.5, 0.6) is 0 Å². The number of hydrogen-bond acceptors (Lipinski definition) is 9. The van der Waals surface area contributed by atoms with Crippen molar-refractivity contribution in [3.05, 3.63) is 77.5 Å². The van der Waals surface area contributed by atoms with Crippen molar-refractivity contribution in [3.63, 3.8) is 0 Å². The van der Waals surface area contributed by atoms with Gasteiger partial charge in [-0.15, -0.1) is 5.10 Å². The van der Waals surface area contributed by atoms with Gasteiger partial charge in [-0.1, -0.05) is 41.6 Å². The van der Waals surface area contributed by atoms with Gasteiger partial charge in [-0.05, 0) is 36.2 Å². The molecule has 0 radical (unpaired) electrons. The van der Waals surface area contributed by atoms with Gasteiger partial charge in [0.15, 0.2) is 6.10 Å². The molecule has 1 atom stereocenters. The molecule has 170 valence electrons. The molecule has 0 fully saturated rings. The first-order valence-corrected chi connectivity index (χ1v) is 10.5. The second-order valence-electron chi connectivity index (χ2n) is 7.39. The molecule has 1 unspecified atom stereocenters. The van der Waals surface area contributed by atoms with Crippen molar-refractivity contribution < 1.29 is 14.6 Å². The molecule has 0 spiro atoms. The Morgan fingerprint density at radius 3 is 2.74 bits per heavy atom. The van der Waals surface area contributed by atoms with E-state index in [-0.39, 0.29) is 12.6 Å². The maximum Gasteiger partial charge on any atom is 0.339 e. The van der Waals surface area contributed by atoms with E-state index in [0.29, 0.717) is 34.8 Å². The Bertz CT molecular complexity index is 1380. The Morgan fingerprint density at radius 1 is 1.15 bits per heavy atom. The number of hydrogen-bond donors (Lipinski definition) is 2. The van der Waals surface area contributed by atoms with Crippen LogP contribution >= 0.6 is 0 Å². The maximum atomic E-state index is 11.8. The SMILES string of the molecule is CCOC(=O)C(O)c1cccc(Cn2cc(-c3cc(-c4cccc(C#N)c4)nc(N)n3)nn2)c1. The number of nitrogen functional groups attached to an aromatic ring is 1. The number of rotatable bonds is 7. The molecule has 0 aliphatic carbocycles. The van der Waals surface area contributed by atoms with Crippen LogP contribution in [0, 0.1) is 11.3 Å². The summed E-state index contributed by atoms with van der Waals surface area (Å²) in [6.45, 7) is 2.23. The van der Waals surface area contributed by atoms with Crippen LogP contribution in [0.15, 0.2) is 60.8 Å². The lowest BCUT2D eigenvalue weighted by atomic mass is 10.1. The Morgan fingerprint density at radius 2 is 1.94 bits per heavy atom. The van der Waals surface area contributed by atoms with Gasteiger partial charge in [0.05, 0.1) is 42.4 Å². The van der Waals surface area contributed by atoms with Crippen molar-refractivity contribution in [2.24, 2.45) is 0 Å². The van der Waals surface area contributed by atoms with E-state index >= 15 is 0 Å². The second kappa shape index (κ2) is 9.89. The molecule has 3 N–H and O–H groups in total. The molecule has 0 bridgehead atoms. The lowest BCUT2D eigenvalue weighted by Gasteiger charge is -2.11. The fourth-order valence-electron chi connectivity index (χ4n) is 3.39. The fraction of sp³-hybridized carbons (Fsp3) is 0.167. The highest BCUT2D eigenvalue weighted by Gasteiger charge is 2.19. The van der Waals surface area contributed by atoms with Crippen molar-refractivity contribution in [2.45, 2.75) is 19.6 Å². The summed E-state index contributed by atoms with van der Waals surface area (Å²) in [5, 5.41) is 27.7. The van der Waals surface area contributed by atoms with Crippen LogP contribution in [-0.2, 0) is 16.1 Å². The summed E-state index contributed by atoms with van der Waals surface area (Å²) in [7, 11) is 0. The number of aromatic nitrogens is 5. The summed E-state index contributed by atoms with van der Waals surface area (Å²) in [6, 6.07) is 17.9. The van der Waals surface area contributed by atoms with Gasteiger partial charge in [-0.2, -0.15) is 5.26 Å². The summed E-state index contributed by atoms with van der Waals surface area (Å²) in [6.07, 6.45) is 0.360. The van der Waals surface area contributed by atoms with Gasteiger partial charge < -0.3 is 15.6 Å². The van der Waals surface area contributed by atoms with Crippen LogP contribution in [-0.4, -0.2) is 42.6 Å². The third-order valence-corrected chi connectivity index (χ3v) is 4.95. The average Bonchev–Trinajstić information content (AvgIpc) is 3.32. The van der Waals surface area contributed by atoms with E-state index in [1.165, 1.54) is 0 Å². The quantitative estimate of drug-likeness (QED) is 0.400. The number of nitriles is 1. The molecule has 10 nitrogen and oxygen atoms in total. The molecule has 0 saturated carbocycles. The summed E-state index contributed by atoms with van der Waals surface area (Å²) in [4.78, 5) is 20.4. The summed E-state index contributed by atoms with van der Waals surface area (Å²) < 4.78 is 6.49. The highest BCUT2D eigenvalue weighted by atomic mass is 16.5. The number of aliphatic hydroxyl groups is 1. The predicted molar refractivity (Wildman–Crippen MR) is 123 cm³/mol. The first-order valence-electron chi connectivity index (χ1n) is 10.5. The standard InChI is InChI=1S/C24H21N7O3/c1-2-34-23(33)22(32)18-8-4-6-16(10-18)13-31-14-21(29-30-31)20-11-19(27-24(26)28-20)17-7-3-5-15(9-17)12-25/h3-11,14,22,32H,2,13H2,1H3,(H2,26,27,28). The van der Waals surface area contributed by atoms with Crippen LogP contribution in [0.4, 0.5) is 5.95 Å². The molecule has 0 amide bonds. The number of nitrogens with two attached hydrogens (primary N) is 1. The molecule has 2 aromatic heterocycles. The number of benzene rings is 2. The van der Waals surface area contributed by atoms with E-state index in [0.717, 1.165) is 11.1 Å². The fourth-order valence-corrected chi connectivity index (χ4v) is 3.39. The third kappa shape index (κ3) is 5.06. The van der Waals surface area contributed by atoms with E-state index in [4.69, 9.17) is 15.7 Å². The molecule has 4 rings (SSSR count). The minimum absolute atomic E-state index is 0.0741. The zero-order valence-corrected chi connectivity index (χ0v) is 18.3. The van der Waals surface area contributed by atoms with Gasteiger partial charge >= 0.3 is 5.97 Å². The summed E-state index contributed by atoms with van der Waals surface area (Å²) in [5.74, 6) is -0.620. The largest absolute Gasteiger partial charge is 0.464 e. The van der Waals surface area contributed by atoms with E-state index in [1.54, 1.807) is 60.3 Å². The topological polar surface area (TPSA) is 153 Å². The molecule has 34 heavy (non-hydrogen) atoms. The van der Waals surface area contributed by atoms with Gasteiger partial charge in [0, 0.05) is 5.56 Å². The molecule has 0 saturated heterocycles. The van der Waals surface area contributed by atoms with Crippen LogP contribution in [0.25, 0.3) is 22.6 Å².